The Bertz CT molecular complexity index is 809. The minimum absolute atomic E-state index is 0.0600. The molecule has 3 rings (SSSR count). The van der Waals surface area contributed by atoms with Crippen LogP contribution in [0.5, 0.6) is 0 Å². The van der Waals surface area contributed by atoms with Gasteiger partial charge in [0, 0.05) is 37.2 Å². The average molecular weight is 297 g/mol. The minimum Gasteiger partial charge on any atom is -0.307 e. The third-order valence-corrected chi connectivity index (χ3v) is 3.89. The highest BCUT2D eigenvalue weighted by Gasteiger charge is 2.14. The van der Waals surface area contributed by atoms with Gasteiger partial charge in [-0.2, -0.15) is 5.10 Å². The summed E-state index contributed by atoms with van der Waals surface area (Å²) < 4.78 is 3.46. The third-order valence-electron chi connectivity index (χ3n) is 3.89. The summed E-state index contributed by atoms with van der Waals surface area (Å²) >= 11 is 0. The molecule has 22 heavy (non-hydrogen) atoms. The van der Waals surface area contributed by atoms with E-state index in [0.29, 0.717) is 12.2 Å². The monoisotopic (exact) mass is 297 g/mol. The molecule has 0 bridgehead atoms. The maximum absolute atomic E-state index is 12.0. The first-order valence-corrected chi connectivity index (χ1v) is 7.35. The van der Waals surface area contributed by atoms with Crippen LogP contribution in [0.4, 0.5) is 0 Å². The molecule has 0 aliphatic rings. The van der Waals surface area contributed by atoms with Crippen molar-refractivity contribution in [1.29, 1.82) is 0 Å². The lowest BCUT2D eigenvalue weighted by atomic mass is 10.1. The van der Waals surface area contributed by atoms with Crippen molar-refractivity contribution in [2.45, 2.75) is 32.5 Å². The SMILES string of the molecule is C[C@@H](NCc1cc(=O)n2ccccc2n1)[C@H](C)n1cccn1. The molecule has 1 N–H and O–H groups in total. The Morgan fingerprint density at radius 3 is 2.86 bits per heavy atom. The van der Waals surface area contributed by atoms with Gasteiger partial charge < -0.3 is 5.32 Å². The van der Waals surface area contributed by atoms with E-state index < -0.39 is 0 Å². The summed E-state index contributed by atoms with van der Waals surface area (Å²) in [4.78, 5) is 16.6. The summed E-state index contributed by atoms with van der Waals surface area (Å²) in [6.07, 6.45) is 5.45. The van der Waals surface area contributed by atoms with Gasteiger partial charge in [0.2, 0.25) is 0 Å². The molecule has 0 aliphatic heterocycles. The highest BCUT2D eigenvalue weighted by atomic mass is 16.1. The van der Waals surface area contributed by atoms with Crippen LogP contribution in [0.2, 0.25) is 0 Å². The van der Waals surface area contributed by atoms with Gasteiger partial charge in [0.1, 0.15) is 5.65 Å². The second kappa shape index (κ2) is 6.11. The number of hydrogen-bond acceptors (Lipinski definition) is 4. The van der Waals surface area contributed by atoms with E-state index in [1.165, 1.54) is 0 Å². The van der Waals surface area contributed by atoms with Crippen molar-refractivity contribution < 1.29 is 0 Å². The normalized spacial score (nSPS) is 14.1. The Kier molecular flexibility index (Phi) is 4.02. The van der Waals surface area contributed by atoms with Crippen molar-refractivity contribution in [2.75, 3.05) is 0 Å². The van der Waals surface area contributed by atoms with E-state index in [-0.39, 0.29) is 17.6 Å². The van der Waals surface area contributed by atoms with Gasteiger partial charge in [0.05, 0.1) is 11.7 Å². The first kappa shape index (κ1) is 14.5. The van der Waals surface area contributed by atoms with Crippen LogP contribution in [-0.2, 0) is 6.54 Å². The molecular weight excluding hydrogens is 278 g/mol. The van der Waals surface area contributed by atoms with Gasteiger partial charge in [-0.15, -0.1) is 0 Å². The van der Waals surface area contributed by atoms with Gasteiger partial charge in [-0.1, -0.05) is 6.07 Å². The van der Waals surface area contributed by atoms with Crippen molar-refractivity contribution in [1.82, 2.24) is 24.5 Å². The average Bonchev–Trinajstić information content (AvgIpc) is 3.06. The second-order valence-electron chi connectivity index (χ2n) is 5.41. The lowest BCUT2D eigenvalue weighted by Crippen LogP contribution is -2.34. The van der Waals surface area contributed by atoms with Gasteiger partial charge in [-0.05, 0) is 32.0 Å². The fourth-order valence-corrected chi connectivity index (χ4v) is 2.38. The molecule has 0 aromatic carbocycles. The van der Waals surface area contributed by atoms with Gasteiger partial charge in [-0.3, -0.25) is 13.9 Å². The number of pyridine rings is 1. The topological polar surface area (TPSA) is 64.2 Å². The molecule has 0 unspecified atom stereocenters. The smallest absolute Gasteiger partial charge is 0.258 e. The molecule has 3 heterocycles. The van der Waals surface area contributed by atoms with E-state index in [9.17, 15) is 4.79 Å². The van der Waals surface area contributed by atoms with Crippen LogP contribution < -0.4 is 10.9 Å². The summed E-state index contributed by atoms with van der Waals surface area (Å²) in [5.74, 6) is 0. The Morgan fingerprint density at radius 2 is 2.09 bits per heavy atom. The van der Waals surface area contributed by atoms with E-state index in [1.54, 1.807) is 22.9 Å². The summed E-state index contributed by atoms with van der Waals surface area (Å²) in [6, 6.07) is 9.44. The van der Waals surface area contributed by atoms with Gasteiger partial charge >= 0.3 is 0 Å². The zero-order valence-electron chi connectivity index (χ0n) is 12.7. The molecule has 3 aromatic rings. The summed E-state index contributed by atoms with van der Waals surface area (Å²) in [5.41, 5.74) is 1.35. The van der Waals surface area contributed by atoms with Crippen LogP contribution in [-0.4, -0.2) is 25.2 Å². The van der Waals surface area contributed by atoms with Crippen LogP contribution in [0.3, 0.4) is 0 Å². The molecule has 6 heteroatoms. The van der Waals surface area contributed by atoms with Crippen molar-refractivity contribution in [3.8, 4) is 0 Å². The Hall–Kier alpha value is -2.47. The molecule has 3 aromatic heterocycles. The largest absolute Gasteiger partial charge is 0.307 e. The number of rotatable bonds is 5. The molecule has 0 fully saturated rings. The first-order valence-electron chi connectivity index (χ1n) is 7.35. The zero-order valence-corrected chi connectivity index (χ0v) is 12.7. The van der Waals surface area contributed by atoms with E-state index in [4.69, 9.17) is 0 Å². The maximum atomic E-state index is 12.0. The lowest BCUT2D eigenvalue weighted by Gasteiger charge is -2.21. The fraction of sp³-hybridized carbons (Fsp3) is 0.312. The van der Waals surface area contributed by atoms with Crippen molar-refractivity contribution in [2.24, 2.45) is 0 Å². The molecule has 6 nitrogen and oxygen atoms in total. The number of hydrogen-bond donors (Lipinski definition) is 1. The van der Waals surface area contributed by atoms with Crippen molar-refractivity contribution >= 4 is 5.65 Å². The highest BCUT2D eigenvalue weighted by Crippen LogP contribution is 2.09. The quantitative estimate of drug-likeness (QED) is 0.777. The molecule has 0 saturated carbocycles. The second-order valence-corrected chi connectivity index (χ2v) is 5.41. The molecule has 0 saturated heterocycles. The lowest BCUT2D eigenvalue weighted by molar-refractivity contribution is 0.363. The van der Waals surface area contributed by atoms with Crippen LogP contribution in [0.1, 0.15) is 25.6 Å². The van der Waals surface area contributed by atoms with Crippen LogP contribution >= 0.6 is 0 Å². The van der Waals surface area contributed by atoms with Crippen molar-refractivity contribution in [3.05, 3.63) is 65.0 Å². The highest BCUT2D eigenvalue weighted by molar-refractivity contribution is 5.37. The van der Waals surface area contributed by atoms with Crippen LogP contribution in [0.15, 0.2) is 53.7 Å². The number of nitrogens with one attached hydrogen (secondary N) is 1. The molecule has 0 radical (unpaired) electrons. The Morgan fingerprint density at radius 1 is 1.23 bits per heavy atom. The summed E-state index contributed by atoms with van der Waals surface area (Å²) in [7, 11) is 0. The van der Waals surface area contributed by atoms with Gasteiger partial charge in [0.15, 0.2) is 0 Å². The molecular formula is C16H19N5O. The molecule has 2 atom stereocenters. The number of nitrogens with zero attached hydrogens (tertiary/aromatic N) is 4. The Balaban J connectivity index is 1.72. The molecule has 0 amide bonds. The van der Waals surface area contributed by atoms with Gasteiger partial charge in [0.25, 0.3) is 5.56 Å². The zero-order chi connectivity index (χ0) is 15.5. The third kappa shape index (κ3) is 2.92. The number of aromatic nitrogens is 4. The first-order chi connectivity index (χ1) is 10.6. The van der Waals surface area contributed by atoms with E-state index in [1.807, 2.05) is 35.1 Å². The predicted octanol–water partition coefficient (Wildman–Crippen LogP) is 1.63. The summed E-state index contributed by atoms with van der Waals surface area (Å²) in [5, 5.41) is 7.66. The standard InChI is InChI=1S/C16H19N5O/c1-12(13(2)21-9-5-7-18-21)17-11-14-10-16(22)20-8-4-3-6-15(20)19-14/h3-10,12-13,17H,11H2,1-2H3/t12-,13+/m1/s1. The van der Waals surface area contributed by atoms with Crippen molar-refractivity contribution in [3.63, 3.8) is 0 Å². The maximum Gasteiger partial charge on any atom is 0.258 e. The Labute approximate surface area is 128 Å². The van der Waals surface area contributed by atoms with Crippen LogP contribution in [0.25, 0.3) is 5.65 Å². The van der Waals surface area contributed by atoms with Gasteiger partial charge in [-0.25, -0.2) is 4.98 Å². The predicted molar refractivity (Wildman–Crippen MR) is 84.7 cm³/mol. The molecule has 0 spiro atoms. The fourth-order valence-electron chi connectivity index (χ4n) is 2.38. The number of fused-ring (bicyclic) bond motifs is 1. The molecule has 114 valence electrons. The van der Waals surface area contributed by atoms with Crippen LogP contribution in [0, 0.1) is 0 Å². The minimum atomic E-state index is -0.0600. The summed E-state index contributed by atoms with van der Waals surface area (Å²) in [6.45, 7) is 4.75. The van der Waals surface area contributed by atoms with E-state index in [2.05, 4.69) is 29.2 Å². The molecule has 0 aliphatic carbocycles. The van der Waals surface area contributed by atoms with E-state index >= 15 is 0 Å². The van der Waals surface area contributed by atoms with E-state index in [0.717, 1.165) is 5.69 Å².